The zero-order chi connectivity index (χ0) is 14.0. The fourth-order valence-electron chi connectivity index (χ4n) is 1.68. The lowest BCUT2D eigenvalue weighted by Crippen LogP contribution is -2.28. The molecular weight excluding hydrogens is 232 g/mol. The number of amides is 1. The minimum Gasteiger partial charge on any atom is -0.481 e. The lowest BCUT2D eigenvalue weighted by Gasteiger charge is -2.14. The van der Waals surface area contributed by atoms with Crippen LogP contribution in [-0.4, -0.2) is 36.6 Å². The van der Waals surface area contributed by atoms with Crippen molar-refractivity contribution in [1.82, 2.24) is 10.6 Å². The SMILES string of the molecule is CNC(=O)CCCNC(C)CCCC(C)C(=O)O. The normalized spacial score (nSPS) is 13.9. The first kappa shape index (κ1) is 16.9. The Balaban J connectivity index is 3.45. The van der Waals surface area contributed by atoms with E-state index in [1.54, 1.807) is 14.0 Å². The molecule has 3 N–H and O–H groups in total. The van der Waals surface area contributed by atoms with Crippen molar-refractivity contribution in [3.05, 3.63) is 0 Å². The Morgan fingerprint density at radius 2 is 1.83 bits per heavy atom. The molecule has 106 valence electrons. The average Bonchev–Trinajstić information content (AvgIpc) is 2.33. The Bertz CT molecular complexity index is 257. The van der Waals surface area contributed by atoms with Gasteiger partial charge in [0.1, 0.15) is 0 Å². The van der Waals surface area contributed by atoms with Crippen LogP contribution in [0.3, 0.4) is 0 Å². The number of carbonyl (C=O) groups is 2. The van der Waals surface area contributed by atoms with E-state index >= 15 is 0 Å². The van der Waals surface area contributed by atoms with Gasteiger partial charge in [-0.05, 0) is 32.7 Å². The standard InChI is InChI=1S/C13H26N2O3/c1-10(13(17)18)6-4-7-11(2)15-9-5-8-12(16)14-3/h10-11,15H,4-9H2,1-3H3,(H,14,16)(H,17,18). The first-order chi connectivity index (χ1) is 8.47. The van der Waals surface area contributed by atoms with E-state index in [1.807, 2.05) is 0 Å². The van der Waals surface area contributed by atoms with E-state index in [1.165, 1.54) is 0 Å². The van der Waals surface area contributed by atoms with Crippen molar-refractivity contribution in [3.63, 3.8) is 0 Å². The lowest BCUT2D eigenvalue weighted by molar-refractivity contribution is -0.141. The minimum atomic E-state index is -0.721. The van der Waals surface area contributed by atoms with Crippen LogP contribution >= 0.6 is 0 Å². The van der Waals surface area contributed by atoms with Crippen LogP contribution < -0.4 is 10.6 Å². The molecule has 0 saturated heterocycles. The first-order valence-electron chi connectivity index (χ1n) is 6.64. The molecule has 0 aromatic heterocycles. The molecule has 0 radical (unpaired) electrons. The molecule has 5 heteroatoms. The molecule has 0 aromatic rings. The van der Waals surface area contributed by atoms with Gasteiger partial charge in [0.25, 0.3) is 0 Å². The second-order valence-corrected chi connectivity index (χ2v) is 4.80. The van der Waals surface area contributed by atoms with Crippen molar-refractivity contribution >= 4 is 11.9 Å². The number of rotatable bonds is 10. The van der Waals surface area contributed by atoms with Gasteiger partial charge in [-0.2, -0.15) is 0 Å². The van der Waals surface area contributed by atoms with Crippen LogP contribution in [0.5, 0.6) is 0 Å². The Hall–Kier alpha value is -1.10. The molecule has 0 aliphatic rings. The fraction of sp³-hybridized carbons (Fsp3) is 0.846. The quantitative estimate of drug-likeness (QED) is 0.517. The summed E-state index contributed by atoms with van der Waals surface area (Å²) in [5.74, 6) is -0.911. The highest BCUT2D eigenvalue weighted by atomic mass is 16.4. The zero-order valence-corrected chi connectivity index (χ0v) is 11.7. The van der Waals surface area contributed by atoms with Crippen LogP contribution in [0.25, 0.3) is 0 Å². The molecule has 0 heterocycles. The van der Waals surface area contributed by atoms with Crippen molar-refractivity contribution in [2.24, 2.45) is 5.92 Å². The third kappa shape index (κ3) is 8.98. The van der Waals surface area contributed by atoms with E-state index in [2.05, 4.69) is 17.6 Å². The summed E-state index contributed by atoms with van der Waals surface area (Å²) in [6, 6.07) is 0.371. The lowest BCUT2D eigenvalue weighted by atomic mass is 10.0. The molecule has 0 aromatic carbocycles. The Kier molecular flexibility index (Phi) is 9.28. The van der Waals surface area contributed by atoms with Gasteiger partial charge in [-0.15, -0.1) is 0 Å². The summed E-state index contributed by atoms with van der Waals surface area (Å²) in [5.41, 5.74) is 0. The predicted octanol–water partition coefficient (Wildman–Crippen LogP) is 1.38. The Labute approximate surface area is 109 Å². The van der Waals surface area contributed by atoms with Gasteiger partial charge in [0.2, 0.25) is 5.91 Å². The maximum atomic E-state index is 11.0. The number of carbonyl (C=O) groups excluding carboxylic acids is 1. The molecule has 2 unspecified atom stereocenters. The van der Waals surface area contributed by atoms with Crippen molar-refractivity contribution < 1.29 is 14.7 Å². The monoisotopic (exact) mass is 258 g/mol. The average molecular weight is 258 g/mol. The van der Waals surface area contributed by atoms with Gasteiger partial charge in [0.15, 0.2) is 0 Å². The highest BCUT2D eigenvalue weighted by molar-refractivity contribution is 5.75. The molecule has 0 spiro atoms. The summed E-state index contributed by atoms with van der Waals surface area (Å²) < 4.78 is 0. The van der Waals surface area contributed by atoms with Gasteiger partial charge < -0.3 is 15.7 Å². The van der Waals surface area contributed by atoms with Crippen LogP contribution in [0, 0.1) is 5.92 Å². The van der Waals surface area contributed by atoms with Crippen molar-refractivity contribution in [2.75, 3.05) is 13.6 Å². The molecule has 0 aliphatic heterocycles. The molecule has 18 heavy (non-hydrogen) atoms. The number of carboxylic acids is 1. The summed E-state index contributed by atoms with van der Waals surface area (Å²) in [7, 11) is 1.64. The van der Waals surface area contributed by atoms with E-state index in [0.29, 0.717) is 12.5 Å². The van der Waals surface area contributed by atoms with E-state index < -0.39 is 5.97 Å². The molecule has 0 aliphatic carbocycles. The maximum absolute atomic E-state index is 11.0. The summed E-state index contributed by atoms with van der Waals surface area (Å²) >= 11 is 0. The third-order valence-electron chi connectivity index (χ3n) is 3.05. The number of hydrogen-bond acceptors (Lipinski definition) is 3. The maximum Gasteiger partial charge on any atom is 0.306 e. The van der Waals surface area contributed by atoms with Gasteiger partial charge in [-0.3, -0.25) is 9.59 Å². The van der Waals surface area contributed by atoms with Gasteiger partial charge in [0, 0.05) is 19.5 Å². The predicted molar refractivity (Wildman–Crippen MR) is 71.4 cm³/mol. The number of aliphatic carboxylic acids is 1. The topological polar surface area (TPSA) is 78.4 Å². The summed E-state index contributed by atoms with van der Waals surface area (Å²) in [5, 5.41) is 14.7. The van der Waals surface area contributed by atoms with Gasteiger partial charge in [0.05, 0.1) is 5.92 Å². The Morgan fingerprint density at radius 3 is 2.39 bits per heavy atom. The molecule has 1 amide bonds. The van der Waals surface area contributed by atoms with Gasteiger partial charge >= 0.3 is 5.97 Å². The largest absolute Gasteiger partial charge is 0.481 e. The molecule has 2 atom stereocenters. The van der Waals surface area contributed by atoms with E-state index in [-0.39, 0.29) is 11.8 Å². The zero-order valence-electron chi connectivity index (χ0n) is 11.7. The summed E-state index contributed by atoms with van der Waals surface area (Å²) in [4.78, 5) is 21.6. The van der Waals surface area contributed by atoms with Crippen molar-refractivity contribution in [2.45, 2.75) is 52.0 Å². The molecule has 5 nitrogen and oxygen atoms in total. The van der Waals surface area contributed by atoms with Crippen LogP contribution in [-0.2, 0) is 9.59 Å². The highest BCUT2D eigenvalue weighted by Gasteiger charge is 2.10. The van der Waals surface area contributed by atoms with Crippen LogP contribution in [0.4, 0.5) is 0 Å². The smallest absolute Gasteiger partial charge is 0.306 e. The molecule has 0 rings (SSSR count). The summed E-state index contributed by atoms with van der Waals surface area (Å²) in [6.45, 7) is 4.65. The van der Waals surface area contributed by atoms with E-state index in [0.717, 1.165) is 32.2 Å². The van der Waals surface area contributed by atoms with Crippen molar-refractivity contribution in [3.8, 4) is 0 Å². The Morgan fingerprint density at radius 1 is 1.17 bits per heavy atom. The van der Waals surface area contributed by atoms with Gasteiger partial charge in [-0.1, -0.05) is 13.3 Å². The highest BCUT2D eigenvalue weighted by Crippen LogP contribution is 2.09. The second kappa shape index (κ2) is 9.88. The first-order valence-corrected chi connectivity index (χ1v) is 6.64. The molecule has 0 saturated carbocycles. The van der Waals surface area contributed by atoms with Gasteiger partial charge in [-0.25, -0.2) is 0 Å². The van der Waals surface area contributed by atoms with E-state index in [9.17, 15) is 9.59 Å². The molecular formula is C13H26N2O3. The van der Waals surface area contributed by atoms with Crippen LogP contribution in [0.2, 0.25) is 0 Å². The third-order valence-corrected chi connectivity index (χ3v) is 3.05. The van der Waals surface area contributed by atoms with Crippen LogP contribution in [0.1, 0.15) is 46.0 Å². The number of nitrogens with one attached hydrogen (secondary N) is 2. The second-order valence-electron chi connectivity index (χ2n) is 4.80. The fourth-order valence-corrected chi connectivity index (χ4v) is 1.68. The number of hydrogen-bond donors (Lipinski definition) is 3. The van der Waals surface area contributed by atoms with E-state index in [4.69, 9.17) is 5.11 Å². The van der Waals surface area contributed by atoms with Crippen molar-refractivity contribution in [1.29, 1.82) is 0 Å². The number of carboxylic acid groups (broad SMARTS) is 1. The summed E-state index contributed by atoms with van der Waals surface area (Å²) in [6.07, 6.45) is 3.98. The molecule has 0 bridgehead atoms. The van der Waals surface area contributed by atoms with Crippen LogP contribution in [0.15, 0.2) is 0 Å². The minimum absolute atomic E-state index is 0.0692. The molecule has 0 fully saturated rings.